The van der Waals surface area contributed by atoms with Gasteiger partial charge >= 0.3 is 0 Å². The number of rotatable bonds is 1. The molecule has 1 spiro atoms. The molecule has 1 aromatic rings. The highest BCUT2D eigenvalue weighted by Crippen LogP contribution is 2.23. The number of nitrogens with zero attached hydrogens (tertiary/aromatic N) is 4. The second-order valence-electron chi connectivity index (χ2n) is 4.98. The van der Waals surface area contributed by atoms with E-state index >= 15 is 0 Å². The van der Waals surface area contributed by atoms with Crippen molar-refractivity contribution in [2.75, 3.05) is 44.2 Å². The van der Waals surface area contributed by atoms with E-state index in [4.69, 9.17) is 0 Å². The summed E-state index contributed by atoms with van der Waals surface area (Å²) in [5.74, 6) is 0.902. The summed E-state index contributed by atoms with van der Waals surface area (Å²) in [5.41, 5.74) is 0. The molecule has 2 aliphatic heterocycles. The topological polar surface area (TPSA) is 59.0 Å². The first kappa shape index (κ1) is 12.3. The van der Waals surface area contributed by atoms with Gasteiger partial charge in [-0.15, -0.1) is 0 Å². The van der Waals surface area contributed by atoms with Gasteiger partial charge in [0.15, 0.2) is 0 Å². The number of aromatic nitrogens is 2. The predicted octanol–water partition coefficient (Wildman–Crippen LogP) is 0.730. The number of quaternary nitrogens is 1. The lowest BCUT2D eigenvalue weighted by atomic mass is 10.2. The Labute approximate surface area is 102 Å². The molecule has 0 bridgehead atoms. The Morgan fingerprint density at radius 2 is 1.53 bits per heavy atom. The molecular weight excluding hydrogens is 216 g/mol. The molecule has 2 fully saturated rings. The van der Waals surface area contributed by atoms with Crippen LogP contribution in [0.15, 0.2) is 18.5 Å². The molecule has 0 amide bonds. The molecule has 5 nitrogen and oxygen atoms in total. The first-order valence-electron chi connectivity index (χ1n) is 6.25. The Balaban J connectivity index is 0.00000108. The maximum atomic E-state index is 4.33. The van der Waals surface area contributed by atoms with Crippen molar-refractivity contribution in [2.45, 2.75) is 12.8 Å². The maximum Gasteiger partial charge on any atom is 0.225 e. The Morgan fingerprint density at radius 3 is 2.12 bits per heavy atom. The molecule has 0 aromatic carbocycles. The van der Waals surface area contributed by atoms with E-state index in [1.807, 2.05) is 18.5 Å². The molecule has 2 saturated heterocycles. The Hall–Kier alpha value is -1.20. The fourth-order valence-corrected chi connectivity index (χ4v) is 3.00. The lowest BCUT2D eigenvalue weighted by Gasteiger charge is -2.41. The first-order chi connectivity index (χ1) is 7.88. The minimum atomic E-state index is 0. The van der Waals surface area contributed by atoms with Crippen molar-refractivity contribution >= 4 is 5.95 Å². The summed E-state index contributed by atoms with van der Waals surface area (Å²) < 4.78 is 1.35. The van der Waals surface area contributed by atoms with E-state index in [0.29, 0.717) is 0 Å². The van der Waals surface area contributed by atoms with Crippen LogP contribution in [0, 0.1) is 0 Å². The van der Waals surface area contributed by atoms with E-state index in [0.717, 1.165) is 19.0 Å². The molecule has 0 saturated carbocycles. The third-order valence-corrected chi connectivity index (χ3v) is 4.04. The molecule has 0 atom stereocenters. The van der Waals surface area contributed by atoms with Crippen LogP contribution >= 0.6 is 0 Å². The zero-order valence-electron chi connectivity index (χ0n) is 10.1. The molecule has 17 heavy (non-hydrogen) atoms. The van der Waals surface area contributed by atoms with Gasteiger partial charge in [-0.25, -0.2) is 9.97 Å². The van der Waals surface area contributed by atoms with Crippen LogP contribution in [0.1, 0.15) is 12.8 Å². The van der Waals surface area contributed by atoms with Crippen LogP contribution in [-0.4, -0.2) is 59.2 Å². The normalized spacial score (nSPS) is 22.5. The summed E-state index contributed by atoms with van der Waals surface area (Å²) in [5, 5.41) is 0. The van der Waals surface area contributed by atoms with Gasteiger partial charge < -0.3 is 14.9 Å². The van der Waals surface area contributed by atoms with Crippen molar-refractivity contribution in [3.05, 3.63) is 18.5 Å². The van der Waals surface area contributed by atoms with E-state index in [9.17, 15) is 0 Å². The highest BCUT2D eigenvalue weighted by Gasteiger charge is 2.36. The Bertz CT molecular complexity index is 341. The van der Waals surface area contributed by atoms with Crippen molar-refractivity contribution in [3.8, 4) is 0 Å². The number of piperazine rings is 1. The van der Waals surface area contributed by atoms with Crippen molar-refractivity contribution in [1.29, 1.82) is 0 Å². The van der Waals surface area contributed by atoms with Crippen LogP contribution in [-0.2, 0) is 0 Å². The fourth-order valence-electron chi connectivity index (χ4n) is 3.00. The van der Waals surface area contributed by atoms with Crippen molar-refractivity contribution in [1.82, 2.24) is 9.97 Å². The molecule has 3 heterocycles. The van der Waals surface area contributed by atoms with Gasteiger partial charge in [0, 0.05) is 25.2 Å². The van der Waals surface area contributed by atoms with Crippen molar-refractivity contribution < 1.29 is 9.96 Å². The smallest absolute Gasteiger partial charge is 0.225 e. The standard InChI is InChI=1S/C12H19N4.H2O/c1-2-9-16(8-1)10-6-15(7-11-16)12-13-4-3-5-14-12;/h3-5H,1-2,6-11H2;1H2/q+1;/p-1. The van der Waals surface area contributed by atoms with Gasteiger partial charge in [-0.1, -0.05) is 0 Å². The molecule has 1 N–H and O–H groups in total. The van der Waals surface area contributed by atoms with Crippen LogP contribution in [0.4, 0.5) is 5.95 Å². The highest BCUT2D eigenvalue weighted by molar-refractivity contribution is 5.28. The summed E-state index contributed by atoms with van der Waals surface area (Å²) in [7, 11) is 0. The second kappa shape index (κ2) is 4.98. The van der Waals surface area contributed by atoms with E-state index in [-0.39, 0.29) is 5.48 Å². The van der Waals surface area contributed by atoms with Gasteiger partial charge in [-0.05, 0) is 6.07 Å². The Kier molecular flexibility index (Phi) is 3.59. The third kappa shape index (κ3) is 2.40. The summed E-state index contributed by atoms with van der Waals surface area (Å²) in [6.45, 7) is 7.57. The summed E-state index contributed by atoms with van der Waals surface area (Å²) in [6, 6.07) is 1.88. The van der Waals surface area contributed by atoms with Crippen LogP contribution in [0.5, 0.6) is 0 Å². The molecule has 0 aliphatic carbocycles. The largest absolute Gasteiger partial charge is 0.870 e. The Morgan fingerprint density at radius 1 is 0.941 bits per heavy atom. The molecule has 3 rings (SSSR count). The molecule has 5 heteroatoms. The summed E-state index contributed by atoms with van der Waals surface area (Å²) >= 11 is 0. The summed E-state index contributed by atoms with van der Waals surface area (Å²) in [4.78, 5) is 11.0. The van der Waals surface area contributed by atoms with Gasteiger partial charge in [0.1, 0.15) is 0 Å². The van der Waals surface area contributed by atoms with Crippen LogP contribution in [0.2, 0.25) is 0 Å². The van der Waals surface area contributed by atoms with Gasteiger partial charge in [0.25, 0.3) is 0 Å². The van der Waals surface area contributed by atoms with E-state index in [1.165, 1.54) is 43.5 Å². The number of anilines is 1. The minimum Gasteiger partial charge on any atom is -0.870 e. The molecule has 1 aromatic heterocycles. The number of hydrogen-bond donors (Lipinski definition) is 0. The highest BCUT2D eigenvalue weighted by atomic mass is 16.0. The average molecular weight is 236 g/mol. The van der Waals surface area contributed by atoms with E-state index in [1.54, 1.807) is 0 Å². The average Bonchev–Trinajstić information content (AvgIpc) is 2.80. The molecule has 0 unspecified atom stereocenters. The first-order valence-corrected chi connectivity index (χ1v) is 6.25. The van der Waals surface area contributed by atoms with Gasteiger partial charge in [-0.3, -0.25) is 0 Å². The monoisotopic (exact) mass is 236 g/mol. The molecule has 2 aliphatic rings. The number of hydrogen-bond acceptors (Lipinski definition) is 4. The predicted molar refractivity (Wildman–Crippen MR) is 65.1 cm³/mol. The van der Waals surface area contributed by atoms with Crippen LogP contribution in [0.3, 0.4) is 0 Å². The van der Waals surface area contributed by atoms with Gasteiger partial charge in [-0.2, -0.15) is 0 Å². The minimum absolute atomic E-state index is 0. The van der Waals surface area contributed by atoms with Crippen molar-refractivity contribution in [3.63, 3.8) is 0 Å². The lowest BCUT2D eigenvalue weighted by molar-refractivity contribution is -0.917. The molecule has 94 valence electrons. The fraction of sp³-hybridized carbons (Fsp3) is 0.667. The van der Waals surface area contributed by atoms with Gasteiger partial charge in [0.2, 0.25) is 5.95 Å². The quantitative estimate of drug-likeness (QED) is 0.674. The third-order valence-electron chi connectivity index (χ3n) is 4.04. The van der Waals surface area contributed by atoms with E-state index in [2.05, 4.69) is 14.9 Å². The SMILES string of the molecule is [OH-].c1cnc(N2CC[N+]3(CCCC3)CC2)nc1. The maximum absolute atomic E-state index is 4.33. The van der Waals surface area contributed by atoms with Crippen LogP contribution in [0.25, 0.3) is 0 Å². The summed E-state index contributed by atoms with van der Waals surface area (Å²) in [6.07, 6.45) is 6.50. The van der Waals surface area contributed by atoms with Gasteiger partial charge in [0.05, 0.1) is 39.3 Å². The van der Waals surface area contributed by atoms with Crippen molar-refractivity contribution in [2.24, 2.45) is 0 Å². The molecular formula is C12H20N4O. The molecule has 0 radical (unpaired) electrons. The van der Waals surface area contributed by atoms with Crippen LogP contribution < -0.4 is 4.90 Å². The lowest BCUT2D eigenvalue weighted by Crippen LogP contribution is -2.58. The van der Waals surface area contributed by atoms with E-state index < -0.39 is 0 Å². The zero-order chi connectivity index (χ0) is 10.8. The second-order valence-corrected chi connectivity index (χ2v) is 4.98. The zero-order valence-corrected chi connectivity index (χ0v) is 10.1.